The highest BCUT2D eigenvalue weighted by Crippen LogP contribution is 2.21. The maximum absolute atomic E-state index is 12.3. The normalized spacial score (nSPS) is 15.2. The number of aromatic nitrogens is 1. The van der Waals surface area contributed by atoms with Gasteiger partial charge in [0.15, 0.2) is 0 Å². The van der Waals surface area contributed by atoms with E-state index >= 15 is 0 Å². The van der Waals surface area contributed by atoms with E-state index in [2.05, 4.69) is 4.98 Å². The number of hydrogen-bond acceptors (Lipinski definition) is 4. The van der Waals surface area contributed by atoms with Crippen molar-refractivity contribution < 1.29 is 14.3 Å². The highest BCUT2D eigenvalue weighted by Gasteiger charge is 2.24. The largest absolute Gasteiger partial charge is 0.494 e. The molecule has 0 atom stereocenters. The minimum atomic E-state index is -0.129. The van der Waals surface area contributed by atoms with E-state index in [0.29, 0.717) is 38.1 Å². The van der Waals surface area contributed by atoms with Crippen LogP contribution in [0.15, 0.2) is 35.1 Å². The second-order valence-corrected chi connectivity index (χ2v) is 6.80. The minimum absolute atomic E-state index is 0.101. The molecule has 6 heteroatoms. The summed E-state index contributed by atoms with van der Waals surface area (Å²) >= 11 is 0. The van der Waals surface area contributed by atoms with Crippen LogP contribution in [-0.2, 0) is 9.59 Å². The van der Waals surface area contributed by atoms with E-state index in [-0.39, 0.29) is 17.5 Å². The van der Waals surface area contributed by atoms with E-state index in [4.69, 9.17) is 4.74 Å². The number of ether oxygens (including phenoxy) is 1. The number of carbonyl (C=O) groups excluding carboxylic acids is 2. The van der Waals surface area contributed by atoms with Gasteiger partial charge in [-0.25, -0.2) is 0 Å². The number of aromatic amines is 1. The van der Waals surface area contributed by atoms with Crippen molar-refractivity contribution in [3.05, 3.63) is 40.7 Å². The third kappa shape index (κ3) is 4.50. The van der Waals surface area contributed by atoms with E-state index in [1.165, 1.54) is 6.07 Å². The van der Waals surface area contributed by atoms with E-state index < -0.39 is 0 Å². The van der Waals surface area contributed by atoms with Crippen LogP contribution in [0, 0.1) is 0 Å². The van der Waals surface area contributed by atoms with Crippen molar-refractivity contribution in [3.63, 3.8) is 0 Å². The number of nitrogens with one attached hydrogen (secondary N) is 1. The fourth-order valence-corrected chi connectivity index (χ4v) is 3.33. The molecule has 0 bridgehead atoms. The summed E-state index contributed by atoms with van der Waals surface area (Å²) in [7, 11) is 1.83. The second-order valence-electron chi connectivity index (χ2n) is 6.80. The Balaban J connectivity index is 1.44. The first-order chi connectivity index (χ1) is 12.5. The summed E-state index contributed by atoms with van der Waals surface area (Å²) in [6.45, 7) is 0.456. The monoisotopic (exact) mass is 356 g/mol. The SMILES string of the molecule is CN(C(=O)CCCOc1ccc2[nH]c(=O)ccc2c1)C1CCC(=O)CC1. The zero-order valence-electron chi connectivity index (χ0n) is 15.0. The highest BCUT2D eigenvalue weighted by molar-refractivity contribution is 5.80. The maximum atomic E-state index is 12.3. The zero-order chi connectivity index (χ0) is 18.5. The summed E-state index contributed by atoms with van der Waals surface area (Å²) in [5, 5.41) is 0.907. The summed E-state index contributed by atoms with van der Waals surface area (Å²) in [5.74, 6) is 1.12. The molecule has 138 valence electrons. The van der Waals surface area contributed by atoms with Crippen molar-refractivity contribution >= 4 is 22.6 Å². The molecule has 1 aromatic carbocycles. The van der Waals surface area contributed by atoms with E-state index in [0.717, 1.165) is 29.5 Å². The Morgan fingerprint density at radius 3 is 2.73 bits per heavy atom. The number of carbonyl (C=O) groups is 2. The Morgan fingerprint density at radius 1 is 1.19 bits per heavy atom. The fourth-order valence-electron chi connectivity index (χ4n) is 3.33. The number of ketones is 1. The molecule has 6 nitrogen and oxygen atoms in total. The van der Waals surface area contributed by atoms with Crippen molar-refractivity contribution in [3.8, 4) is 5.75 Å². The quantitative estimate of drug-likeness (QED) is 0.807. The number of pyridine rings is 1. The maximum Gasteiger partial charge on any atom is 0.248 e. The van der Waals surface area contributed by atoms with Gasteiger partial charge in [0.25, 0.3) is 0 Å². The lowest BCUT2D eigenvalue weighted by molar-refractivity contribution is -0.134. The Bertz CT molecular complexity index is 848. The van der Waals surface area contributed by atoms with Crippen LogP contribution in [0.1, 0.15) is 38.5 Å². The Hall–Kier alpha value is -2.63. The van der Waals surface area contributed by atoms with Gasteiger partial charge in [0.2, 0.25) is 11.5 Å². The lowest BCUT2D eigenvalue weighted by Crippen LogP contribution is -2.39. The number of amides is 1. The van der Waals surface area contributed by atoms with Gasteiger partial charge in [0, 0.05) is 49.3 Å². The van der Waals surface area contributed by atoms with Gasteiger partial charge in [0.1, 0.15) is 11.5 Å². The molecule has 0 saturated heterocycles. The molecule has 26 heavy (non-hydrogen) atoms. The van der Waals surface area contributed by atoms with Gasteiger partial charge in [-0.05, 0) is 43.5 Å². The summed E-state index contributed by atoms with van der Waals surface area (Å²) in [5.41, 5.74) is 0.642. The number of H-pyrrole nitrogens is 1. The lowest BCUT2D eigenvalue weighted by atomic mass is 9.93. The summed E-state index contributed by atoms with van der Waals surface area (Å²) in [6, 6.07) is 8.93. The van der Waals surface area contributed by atoms with Crippen molar-refractivity contribution in [2.24, 2.45) is 0 Å². The number of hydrogen-bond donors (Lipinski definition) is 1. The average molecular weight is 356 g/mol. The average Bonchev–Trinajstić information content (AvgIpc) is 2.65. The van der Waals surface area contributed by atoms with Crippen molar-refractivity contribution in [2.45, 2.75) is 44.6 Å². The molecule has 0 spiro atoms. The number of fused-ring (bicyclic) bond motifs is 1. The third-order valence-corrected chi connectivity index (χ3v) is 4.95. The van der Waals surface area contributed by atoms with Gasteiger partial charge in [-0.3, -0.25) is 14.4 Å². The molecule has 1 aromatic heterocycles. The van der Waals surface area contributed by atoms with Gasteiger partial charge < -0.3 is 14.6 Å². The standard InChI is InChI=1S/C20H24N2O4/c1-22(15-5-7-16(23)8-6-15)20(25)3-2-12-26-17-9-10-18-14(13-17)4-11-19(24)21-18/h4,9-11,13,15H,2-3,5-8,12H2,1H3,(H,21,24). The van der Waals surface area contributed by atoms with Crippen LogP contribution in [0.3, 0.4) is 0 Å². The Morgan fingerprint density at radius 2 is 1.96 bits per heavy atom. The zero-order valence-corrected chi connectivity index (χ0v) is 15.0. The van der Waals surface area contributed by atoms with Crippen molar-refractivity contribution in [1.82, 2.24) is 9.88 Å². The molecule has 0 aliphatic heterocycles. The highest BCUT2D eigenvalue weighted by atomic mass is 16.5. The molecule has 1 amide bonds. The summed E-state index contributed by atoms with van der Waals surface area (Å²) < 4.78 is 5.73. The van der Waals surface area contributed by atoms with Crippen LogP contribution in [0.4, 0.5) is 0 Å². The van der Waals surface area contributed by atoms with Crippen LogP contribution in [0.2, 0.25) is 0 Å². The fraction of sp³-hybridized carbons (Fsp3) is 0.450. The molecule has 1 aliphatic rings. The molecule has 1 fully saturated rings. The van der Waals surface area contributed by atoms with E-state index in [1.807, 2.05) is 25.2 Å². The topological polar surface area (TPSA) is 79.5 Å². The summed E-state index contributed by atoms with van der Waals surface area (Å²) in [6.07, 6.45) is 3.78. The van der Waals surface area contributed by atoms with Gasteiger partial charge in [0.05, 0.1) is 6.61 Å². The van der Waals surface area contributed by atoms with Gasteiger partial charge in [-0.1, -0.05) is 0 Å². The smallest absolute Gasteiger partial charge is 0.248 e. The number of rotatable bonds is 6. The molecule has 3 rings (SSSR count). The molecule has 1 heterocycles. The van der Waals surface area contributed by atoms with E-state index in [9.17, 15) is 14.4 Å². The number of nitrogens with zero attached hydrogens (tertiary/aromatic N) is 1. The molecular weight excluding hydrogens is 332 g/mol. The number of benzene rings is 1. The van der Waals surface area contributed by atoms with Crippen molar-refractivity contribution in [2.75, 3.05) is 13.7 Å². The molecule has 0 radical (unpaired) electrons. The Labute approximate surface area is 152 Å². The van der Waals surface area contributed by atoms with Gasteiger partial charge in [-0.15, -0.1) is 0 Å². The first-order valence-corrected chi connectivity index (χ1v) is 9.06. The minimum Gasteiger partial charge on any atom is -0.494 e. The third-order valence-electron chi connectivity index (χ3n) is 4.95. The van der Waals surface area contributed by atoms with Crippen LogP contribution < -0.4 is 10.3 Å². The summed E-state index contributed by atoms with van der Waals surface area (Å²) in [4.78, 5) is 39.4. The molecule has 1 aliphatic carbocycles. The second kappa shape index (κ2) is 8.17. The predicted octanol–water partition coefficient (Wildman–Crippen LogP) is 2.66. The molecule has 2 aromatic rings. The molecule has 1 saturated carbocycles. The van der Waals surface area contributed by atoms with Gasteiger partial charge in [-0.2, -0.15) is 0 Å². The molecule has 1 N–H and O–H groups in total. The van der Waals surface area contributed by atoms with Crippen molar-refractivity contribution in [1.29, 1.82) is 0 Å². The van der Waals surface area contributed by atoms with E-state index in [1.54, 1.807) is 11.0 Å². The first-order valence-electron chi connectivity index (χ1n) is 9.06. The number of Topliss-reactive ketones (excluding diaryl/α,β-unsaturated/α-hetero) is 1. The van der Waals surface area contributed by atoms with Crippen LogP contribution in [0.25, 0.3) is 10.9 Å². The predicted molar refractivity (Wildman–Crippen MR) is 99.3 cm³/mol. The molecular formula is C20H24N2O4. The Kier molecular flexibility index (Phi) is 5.71. The van der Waals surface area contributed by atoms with Crippen LogP contribution in [-0.4, -0.2) is 41.3 Å². The van der Waals surface area contributed by atoms with Crippen LogP contribution in [0.5, 0.6) is 5.75 Å². The first kappa shape index (κ1) is 18.2. The van der Waals surface area contributed by atoms with Crippen LogP contribution >= 0.6 is 0 Å². The van der Waals surface area contributed by atoms with Gasteiger partial charge >= 0.3 is 0 Å². The molecule has 0 unspecified atom stereocenters. The lowest BCUT2D eigenvalue weighted by Gasteiger charge is -2.30.